The largest absolute Gasteiger partial charge is 0.451 e. The molecule has 1 N–H and O–H groups in total. The minimum absolute atomic E-state index is 0.0143. The fraction of sp³-hybridized carbons (Fsp3) is 0.167. The highest BCUT2D eigenvalue weighted by molar-refractivity contribution is 6.04. The van der Waals surface area contributed by atoms with Crippen molar-refractivity contribution in [3.05, 3.63) is 64.9 Å². The fourth-order valence-corrected chi connectivity index (χ4v) is 2.47. The molecule has 3 aromatic rings. The van der Waals surface area contributed by atoms with Crippen LogP contribution in [0.15, 0.2) is 46.9 Å². The molecule has 9 heteroatoms. The second-order valence-electron chi connectivity index (χ2n) is 5.90. The van der Waals surface area contributed by atoms with E-state index in [1.54, 1.807) is 25.1 Å². The Labute approximate surface area is 148 Å². The van der Waals surface area contributed by atoms with Gasteiger partial charge in [0.25, 0.3) is 5.91 Å². The predicted molar refractivity (Wildman–Crippen MR) is 85.4 cm³/mol. The fourth-order valence-electron chi connectivity index (χ4n) is 2.47. The average Bonchev–Trinajstić information content (AvgIpc) is 2.96. The molecule has 0 saturated carbocycles. The van der Waals surface area contributed by atoms with Gasteiger partial charge in [-0.2, -0.15) is 26.3 Å². The zero-order valence-electron chi connectivity index (χ0n) is 13.6. The van der Waals surface area contributed by atoms with Gasteiger partial charge in [-0.3, -0.25) is 4.79 Å². The zero-order chi connectivity index (χ0) is 20.0. The summed E-state index contributed by atoms with van der Waals surface area (Å²) in [5.74, 6) is -1.20. The van der Waals surface area contributed by atoms with Crippen LogP contribution < -0.4 is 5.32 Å². The second kappa shape index (κ2) is 6.33. The van der Waals surface area contributed by atoms with E-state index in [2.05, 4.69) is 0 Å². The molecule has 0 aliphatic rings. The first-order chi connectivity index (χ1) is 12.4. The quantitative estimate of drug-likeness (QED) is 0.546. The van der Waals surface area contributed by atoms with Crippen molar-refractivity contribution >= 4 is 22.6 Å². The third-order valence-electron chi connectivity index (χ3n) is 3.74. The van der Waals surface area contributed by atoms with Crippen molar-refractivity contribution in [1.29, 1.82) is 0 Å². The van der Waals surface area contributed by atoms with E-state index >= 15 is 0 Å². The monoisotopic (exact) mass is 387 g/mol. The number of anilines is 1. The van der Waals surface area contributed by atoms with E-state index in [4.69, 9.17) is 4.42 Å². The van der Waals surface area contributed by atoms with E-state index in [0.717, 1.165) is 5.56 Å². The smallest absolute Gasteiger partial charge is 0.416 e. The molecule has 0 aliphatic heterocycles. The maximum Gasteiger partial charge on any atom is 0.416 e. The molecule has 0 saturated heterocycles. The first-order valence-corrected chi connectivity index (χ1v) is 7.54. The molecule has 3 nitrogen and oxygen atoms in total. The molecule has 0 bridgehead atoms. The minimum Gasteiger partial charge on any atom is -0.451 e. The maximum atomic E-state index is 12.9. The molecule has 0 spiro atoms. The molecular formula is C18H11F6NO2. The maximum absolute atomic E-state index is 12.9. The lowest BCUT2D eigenvalue weighted by atomic mass is 10.1. The lowest BCUT2D eigenvalue weighted by molar-refractivity contribution is -0.143. The minimum atomic E-state index is -5.00. The Hall–Kier alpha value is -2.97. The van der Waals surface area contributed by atoms with Crippen molar-refractivity contribution < 1.29 is 35.6 Å². The number of rotatable bonds is 2. The van der Waals surface area contributed by atoms with Gasteiger partial charge in [0.15, 0.2) is 5.76 Å². The summed E-state index contributed by atoms with van der Waals surface area (Å²) in [5, 5.41) is 2.60. The Bertz CT molecular complexity index is 985. The van der Waals surface area contributed by atoms with E-state index in [9.17, 15) is 31.1 Å². The Morgan fingerprint density at radius 2 is 1.48 bits per heavy atom. The molecule has 0 fully saturated rings. The number of amides is 1. The third-order valence-corrected chi connectivity index (χ3v) is 3.74. The molecule has 2 aromatic carbocycles. The second-order valence-corrected chi connectivity index (χ2v) is 5.90. The lowest BCUT2D eigenvalue weighted by Crippen LogP contribution is -2.15. The van der Waals surface area contributed by atoms with Crippen molar-refractivity contribution in [2.24, 2.45) is 0 Å². The molecule has 0 atom stereocenters. The molecule has 1 amide bonds. The average molecular weight is 387 g/mol. The summed E-state index contributed by atoms with van der Waals surface area (Å²) in [4.78, 5) is 12.2. The predicted octanol–water partition coefficient (Wildman–Crippen LogP) is 6.03. The van der Waals surface area contributed by atoms with Crippen LogP contribution in [0.2, 0.25) is 0 Å². The van der Waals surface area contributed by atoms with E-state index < -0.39 is 35.1 Å². The van der Waals surface area contributed by atoms with Crippen LogP contribution in [0.3, 0.4) is 0 Å². The molecule has 1 heterocycles. The van der Waals surface area contributed by atoms with Gasteiger partial charge in [0, 0.05) is 11.1 Å². The number of alkyl halides is 6. The van der Waals surface area contributed by atoms with Gasteiger partial charge in [0.2, 0.25) is 0 Å². The summed E-state index contributed by atoms with van der Waals surface area (Å²) in [5.41, 5.74) is -2.45. The highest BCUT2D eigenvalue weighted by atomic mass is 19.4. The number of nitrogens with one attached hydrogen (secondary N) is 1. The number of hydrogen-bond acceptors (Lipinski definition) is 2. The molecule has 142 valence electrons. The van der Waals surface area contributed by atoms with E-state index in [1.807, 2.05) is 5.32 Å². The van der Waals surface area contributed by atoms with Crippen molar-refractivity contribution in [3.8, 4) is 0 Å². The Balaban J connectivity index is 1.96. The van der Waals surface area contributed by atoms with Crippen LogP contribution >= 0.6 is 0 Å². The molecule has 1 aromatic heterocycles. The van der Waals surface area contributed by atoms with Crippen LogP contribution in [-0.4, -0.2) is 5.91 Å². The number of aryl methyl sites for hydroxylation is 1. The van der Waals surface area contributed by atoms with Gasteiger partial charge in [-0.1, -0.05) is 12.1 Å². The van der Waals surface area contributed by atoms with Gasteiger partial charge in [-0.05, 0) is 42.8 Å². The molecule has 0 aliphatic carbocycles. The number of furan rings is 1. The normalized spacial score (nSPS) is 12.4. The molecule has 0 unspecified atom stereocenters. The standard InChI is InChI=1S/C18H11F6NO2/c1-9-2-3-10-5-15(27-14(10)4-9)16(26)25-13-7-11(17(19,20)21)6-12(8-13)18(22,23)24/h2-8H,1H3,(H,25,26). The van der Waals surface area contributed by atoms with Gasteiger partial charge >= 0.3 is 12.4 Å². The zero-order valence-corrected chi connectivity index (χ0v) is 13.6. The highest BCUT2D eigenvalue weighted by Gasteiger charge is 2.37. The Kier molecular flexibility index (Phi) is 4.41. The van der Waals surface area contributed by atoms with Gasteiger partial charge in [0.1, 0.15) is 5.58 Å². The Morgan fingerprint density at radius 1 is 0.889 bits per heavy atom. The van der Waals surface area contributed by atoms with E-state index in [-0.39, 0.29) is 11.8 Å². The van der Waals surface area contributed by atoms with Crippen LogP contribution in [0.4, 0.5) is 32.0 Å². The number of fused-ring (bicyclic) bond motifs is 1. The summed E-state index contributed by atoms with van der Waals surface area (Å²) in [6.07, 6.45) is -10.0. The number of hydrogen-bond donors (Lipinski definition) is 1. The van der Waals surface area contributed by atoms with Crippen molar-refractivity contribution in [1.82, 2.24) is 0 Å². The molecular weight excluding hydrogens is 376 g/mol. The topological polar surface area (TPSA) is 42.2 Å². The molecule has 27 heavy (non-hydrogen) atoms. The third kappa shape index (κ3) is 4.07. The van der Waals surface area contributed by atoms with Crippen LogP contribution in [-0.2, 0) is 12.4 Å². The number of halogens is 6. The van der Waals surface area contributed by atoms with Crippen molar-refractivity contribution in [3.63, 3.8) is 0 Å². The SMILES string of the molecule is Cc1ccc2cc(C(=O)Nc3cc(C(F)(F)F)cc(C(F)(F)F)c3)oc2c1. The lowest BCUT2D eigenvalue weighted by Gasteiger charge is -2.14. The van der Waals surface area contributed by atoms with Crippen LogP contribution in [0, 0.1) is 6.92 Å². The Morgan fingerprint density at radius 3 is 2.04 bits per heavy atom. The molecule has 3 rings (SSSR count). The highest BCUT2D eigenvalue weighted by Crippen LogP contribution is 2.37. The first-order valence-electron chi connectivity index (χ1n) is 7.54. The summed E-state index contributed by atoms with van der Waals surface area (Å²) in [7, 11) is 0. The summed E-state index contributed by atoms with van der Waals surface area (Å²) >= 11 is 0. The van der Waals surface area contributed by atoms with Gasteiger partial charge in [-0.15, -0.1) is 0 Å². The van der Waals surface area contributed by atoms with Crippen LogP contribution in [0.25, 0.3) is 11.0 Å². The van der Waals surface area contributed by atoms with Gasteiger partial charge in [-0.25, -0.2) is 0 Å². The number of carbonyl (C=O) groups excluding carboxylic acids is 1. The van der Waals surface area contributed by atoms with Crippen LogP contribution in [0.1, 0.15) is 27.2 Å². The van der Waals surface area contributed by atoms with Crippen molar-refractivity contribution in [2.45, 2.75) is 19.3 Å². The summed E-state index contributed by atoms with van der Waals surface area (Å²) in [6, 6.07) is 7.29. The summed E-state index contributed by atoms with van der Waals surface area (Å²) < 4.78 is 82.6. The number of carbonyl (C=O) groups is 1. The van der Waals surface area contributed by atoms with Crippen molar-refractivity contribution in [2.75, 3.05) is 5.32 Å². The van der Waals surface area contributed by atoms with Crippen LogP contribution in [0.5, 0.6) is 0 Å². The van der Waals surface area contributed by atoms with E-state index in [1.165, 1.54) is 6.07 Å². The summed E-state index contributed by atoms with van der Waals surface area (Å²) in [6.45, 7) is 1.79. The van der Waals surface area contributed by atoms with E-state index in [0.29, 0.717) is 23.1 Å². The van der Waals surface area contributed by atoms with Gasteiger partial charge < -0.3 is 9.73 Å². The van der Waals surface area contributed by atoms with Gasteiger partial charge in [0.05, 0.1) is 11.1 Å². The number of benzene rings is 2. The molecule has 0 radical (unpaired) electrons. The first kappa shape index (κ1) is 18.8.